The molecule has 1 unspecified atom stereocenters. The van der Waals surface area contributed by atoms with Crippen molar-refractivity contribution in [3.63, 3.8) is 0 Å². The Morgan fingerprint density at radius 3 is 2.40 bits per heavy atom. The average molecular weight is 215 g/mol. The van der Waals surface area contributed by atoms with Crippen LogP contribution < -0.4 is 11.1 Å². The van der Waals surface area contributed by atoms with Crippen molar-refractivity contribution in [3.8, 4) is 0 Å². The van der Waals surface area contributed by atoms with E-state index in [0.29, 0.717) is 19.1 Å². The van der Waals surface area contributed by atoms with Crippen LogP contribution >= 0.6 is 0 Å². The van der Waals surface area contributed by atoms with Crippen LogP contribution in [-0.2, 0) is 4.79 Å². The van der Waals surface area contributed by atoms with Crippen molar-refractivity contribution in [3.05, 3.63) is 0 Å². The van der Waals surface area contributed by atoms with E-state index in [0.717, 1.165) is 6.42 Å². The van der Waals surface area contributed by atoms with Gasteiger partial charge in [0, 0.05) is 11.6 Å². The maximum Gasteiger partial charge on any atom is 0.234 e. The summed E-state index contributed by atoms with van der Waals surface area (Å²) in [5.74, 6) is 0.0638. The van der Waals surface area contributed by atoms with E-state index in [1.807, 2.05) is 32.7 Å². The van der Waals surface area contributed by atoms with E-state index >= 15 is 0 Å². The normalized spacial score (nSPS) is 14.1. The Bertz CT molecular complexity index is 198. The van der Waals surface area contributed by atoms with Gasteiger partial charge < -0.3 is 11.1 Å². The van der Waals surface area contributed by atoms with Gasteiger partial charge in [0.15, 0.2) is 0 Å². The molecule has 0 aromatic carbocycles. The predicted octanol–water partition coefficient (Wildman–Crippen LogP) is 0.570. The van der Waals surface area contributed by atoms with E-state index in [9.17, 15) is 4.79 Å². The first-order valence-corrected chi connectivity index (χ1v) is 5.47. The fraction of sp³-hybridized carbons (Fsp3) is 0.909. The summed E-state index contributed by atoms with van der Waals surface area (Å²) in [5, 5.41) is 2.94. The van der Waals surface area contributed by atoms with Crippen LogP contribution in [0.25, 0.3) is 0 Å². The second kappa shape index (κ2) is 6.08. The molecule has 0 spiro atoms. The molecule has 0 aliphatic heterocycles. The molecule has 0 fully saturated rings. The van der Waals surface area contributed by atoms with Crippen molar-refractivity contribution in [1.82, 2.24) is 10.2 Å². The van der Waals surface area contributed by atoms with Gasteiger partial charge in [0.1, 0.15) is 0 Å². The molecule has 0 aromatic heterocycles. The number of rotatable bonds is 5. The summed E-state index contributed by atoms with van der Waals surface area (Å²) in [6, 6.07) is 0.348. The lowest BCUT2D eigenvalue weighted by Gasteiger charge is -2.26. The molecular weight excluding hydrogens is 190 g/mol. The van der Waals surface area contributed by atoms with Gasteiger partial charge in [0.25, 0.3) is 0 Å². The van der Waals surface area contributed by atoms with Crippen LogP contribution in [0.4, 0.5) is 0 Å². The van der Waals surface area contributed by atoms with Gasteiger partial charge in [-0.3, -0.25) is 9.69 Å². The quantitative estimate of drug-likeness (QED) is 0.705. The Hall–Kier alpha value is -0.610. The molecule has 0 saturated heterocycles. The summed E-state index contributed by atoms with van der Waals surface area (Å²) < 4.78 is 0. The maximum atomic E-state index is 11.6. The van der Waals surface area contributed by atoms with Gasteiger partial charge in [-0.25, -0.2) is 0 Å². The van der Waals surface area contributed by atoms with Gasteiger partial charge in [-0.05, 0) is 47.7 Å². The molecular formula is C11H25N3O. The minimum atomic E-state index is -0.158. The number of likely N-dealkylation sites (N-methyl/N-ethyl adjacent to an activating group) is 1. The number of hydrogen-bond acceptors (Lipinski definition) is 3. The summed E-state index contributed by atoms with van der Waals surface area (Å²) in [6.45, 7) is 9.11. The van der Waals surface area contributed by atoms with Crippen LogP contribution in [0.1, 0.15) is 34.1 Å². The van der Waals surface area contributed by atoms with Gasteiger partial charge in [-0.1, -0.05) is 0 Å². The molecule has 4 heteroatoms. The fourth-order valence-electron chi connectivity index (χ4n) is 1.30. The standard InChI is InChI=1S/C11H25N3O/c1-9(6-7-12)14(5)8-10(15)13-11(2,3)4/h9H,6-8,12H2,1-5H3,(H,13,15). The van der Waals surface area contributed by atoms with Crippen LogP contribution in [0.15, 0.2) is 0 Å². The molecule has 0 heterocycles. The van der Waals surface area contributed by atoms with Crippen LogP contribution in [0.3, 0.4) is 0 Å². The minimum absolute atomic E-state index is 0.0638. The number of hydrogen-bond donors (Lipinski definition) is 2. The van der Waals surface area contributed by atoms with Crippen molar-refractivity contribution in [2.45, 2.75) is 45.7 Å². The Morgan fingerprint density at radius 1 is 1.47 bits per heavy atom. The molecule has 0 rings (SSSR count). The zero-order valence-corrected chi connectivity index (χ0v) is 10.6. The molecule has 4 nitrogen and oxygen atoms in total. The van der Waals surface area contributed by atoms with Gasteiger partial charge >= 0.3 is 0 Å². The van der Waals surface area contributed by atoms with Crippen LogP contribution in [-0.4, -0.2) is 42.5 Å². The topological polar surface area (TPSA) is 58.4 Å². The fourth-order valence-corrected chi connectivity index (χ4v) is 1.30. The Labute approximate surface area is 93.2 Å². The highest BCUT2D eigenvalue weighted by Crippen LogP contribution is 2.01. The monoisotopic (exact) mass is 215 g/mol. The molecule has 0 aliphatic carbocycles. The van der Waals surface area contributed by atoms with Crippen molar-refractivity contribution in [1.29, 1.82) is 0 Å². The van der Waals surface area contributed by atoms with E-state index in [-0.39, 0.29) is 11.4 Å². The van der Waals surface area contributed by atoms with Gasteiger partial charge in [-0.2, -0.15) is 0 Å². The molecule has 0 radical (unpaired) electrons. The molecule has 15 heavy (non-hydrogen) atoms. The molecule has 0 aliphatic rings. The second-order valence-electron chi connectivity index (χ2n) is 5.14. The summed E-state index contributed by atoms with van der Waals surface area (Å²) in [5.41, 5.74) is 5.31. The SMILES string of the molecule is CC(CCN)N(C)CC(=O)NC(C)(C)C. The molecule has 1 amide bonds. The zero-order valence-electron chi connectivity index (χ0n) is 10.6. The number of carbonyl (C=O) groups is 1. The van der Waals surface area contributed by atoms with Crippen molar-refractivity contribution in [2.24, 2.45) is 5.73 Å². The zero-order chi connectivity index (χ0) is 12.1. The lowest BCUT2D eigenvalue weighted by Crippen LogP contribution is -2.47. The smallest absolute Gasteiger partial charge is 0.234 e. The van der Waals surface area contributed by atoms with E-state index in [2.05, 4.69) is 12.2 Å². The lowest BCUT2D eigenvalue weighted by molar-refractivity contribution is -0.123. The maximum absolute atomic E-state index is 11.6. The number of nitrogens with zero attached hydrogens (tertiary/aromatic N) is 1. The highest BCUT2D eigenvalue weighted by Gasteiger charge is 2.17. The Kier molecular flexibility index (Phi) is 5.83. The van der Waals surface area contributed by atoms with E-state index in [1.165, 1.54) is 0 Å². The number of nitrogens with two attached hydrogens (primary N) is 1. The third-order valence-corrected chi connectivity index (χ3v) is 2.24. The highest BCUT2D eigenvalue weighted by molar-refractivity contribution is 5.78. The van der Waals surface area contributed by atoms with Crippen LogP contribution in [0.5, 0.6) is 0 Å². The van der Waals surface area contributed by atoms with Crippen LogP contribution in [0.2, 0.25) is 0 Å². The first-order valence-electron chi connectivity index (χ1n) is 5.47. The number of carbonyl (C=O) groups excluding carboxylic acids is 1. The molecule has 1 atom stereocenters. The number of nitrogens with one attached hydrogen (secondary N) is 1. The van der Waals surface area contributed by atoms with Crippen molar-refractivity contribution < 1.29 is 4.79 Å². The van der Waals surface area contributed by atoms with Gasteiger partial charge in [0.05, 0.1) is 6.54 Å². The van der Waals surface area contributed by atoms with Crippen LogP contribution in [0, 0.1) is 0 Å². The summed E-state index contributed by atoms with van der Waals surface area (Å²) in [4.78, 5) is 13.6. The first kappa shape index (κ1) is 14.4. The molecule has 90 valence electrons. The third-order valence-electron chi connectivity index (χ3n) is 2.24. The Morgan fingerprint density at radius 2 is 2.00 bits per heavy atom. The summed E-state index contributed by atoms with van der Waals surface area (Å²) in [7, 11) is 1.95. The molecule has 3 N–H and O–H groups in total. The molecule has 0 bridgehead atoms. The average Bonchev–Trinajstić information content (AvgIpc) is 2.00. The molecule has 0 aromatic rings. The minimum Gasteiger partial charge on any atom is -0.350 e. The van der Waals surface area contributed by atoms with Crippen molar-refractivity contribution >= 4 is 5.91 Å². The predicted molar refractivity (Wildman–Crippen MR) is 63.7 cm³/mol. The van der Waals surface area contributed by atoms with Crippen molar-refractivity contribution in [2.75, 3.05) is 20.1 Å². The molecule has 0 saturated carbocycles. The second-order valence-corrected chi connectivity index (χ2v) is 5.14. The third kappa shape index (κ3) is 7.33. The van der Waals surface area contributed by atoms with E-state index < -0.39 is 0 Å². The van der Waals surface area contributed by atoms with E-state index in [1.54, 1.807) is 0 Å². The first-order chi connectivity index (χ1) is 6.76. The van der Waals surface area contributed by atoms with Gasteiger partial charge in [0.2, 0.25) is 5.91 Å². The highest BCUT2D eigenvalue weighted by atomic mass is 16.2. The Balaban J connectivity index is 3.96. The van der Waals surface area contributed by atoms with Gasteiger partial charge in [-0.15, -0.1) is 0 Å². The largest absolute Gasteiger partial charge is 0.350 e. The summed E-state index contributed by atoms with van der Waals surface area (Å²) in [6.07, 6.45) is 0.916. The lowest BCUT2D eigenvalue weighted by atomic mass is 10.1. The summed E-state index contributed by atoms with van der Waals surface area (Å²) >= 11 is 0. The van der Waals surface area contributed by atoms with E-state index in [4.69, 9.17) is 5.73 Å². The number of amides is 1.